The summed E-state index contributed by atoms with van der Waals surface area (Å²) in [4.78, 5) is 20.6. The maximum atomic E-state index is 12.4. The van der Waals surface area contributed by atoms with Crippen molar-refractivity contribution in [1.82, 2.24) is 9.97 Å². The van der Waals surface area contributed by atoms with Crippen LogP contribution in [0.1, 0.15) is 25.1 Å². The second kappa shape index (κ2) is 5.59. The Morgan fingerprint density at radius 1 is 1.25 bits per heavy atom. The molecule has 1 aromatic carbocycles. The highest BCUT2D eigenvalue weighted by molar-refractivity contribution is 6.31. The molecule has 0 spiro atoms. The summed E-state index contributed by atoms with van der Waals surface area (Å²) in [5, 5.41) is 3.30. The van der Waals surface area contributed by atoms with Crippen LogP contribution in [0.25, 0.3) is 0 Å². The zero-order valence-corrected chi connectivity index (χ0v) is 12.4. The van der Waals surface area contributed by atoms with Crippen LogP contribution in [0.4, 0.5) is 5.95 Å². The van der Waals surface area contributed by atoms with Crippen molar-refractivity contribution in [3.63, 3.8) is 0 Å². The van der Waals surface area contributed by atoms with Crippen molar-refractivity contribution in [3.05, 3.63) is 52.8 Å². The van der Waals surface area contributed by atoms with Gasteiger partial charge >= 0.3 is 0 Å². The van der Waals surface area contributed by atoms with Crippen molar-refractivity contribution in [3.8, 4) is 0 Å². The number of nitrogens with zero attached hydrogens (tertiary/aromatic N) is 2. The minimum Gasteiger partial charge on any atom is -0.294 e. The summed E-state index contributed by atoms with van der Waals surface area (Å²) in [6, 6.07) is 9.09. The first-order valence-electron chi connectivity index (χ1n) is 6.27. The quantitative estimate of drug-likeness (QED) is 0.943. The summed E-state index contributed by atoms with van der Waals surface area (Å²) in [6.07, 6.45) is 1.61. The topological polar surface area (TPSA) is 54.9 Å². The summed E-state index contributed by atoms with van der Waals surface area (Å²) in [5.41, 5.74) is 0.795. The van der Waals surface area contributed by atoms with Crippen LogP contribution in [-0.4, -0.2) is 15.9 Å². The molecule has 2 rings (SSSR count). The number of nitrogens with one attached hydrogen (secondary N) is 1. The molecule has 0 aliphatic carbocycles. The first kappa shape index (κ1) is 14.5. The molecule has 104 valence electrons. The van der Waals surface area contributed by atoms with Gasteiger partial charge in [0.15, 0.2) is 0 Å². The van der Waals surface area contributed by atoms with Crippen molar-refractivity contribution in [1.29, 1.82) is 0 Å². The molecule has 2 aromatic rings. The molecule has 1 N–H and O–H groups in total. The lowest BCUT2D eigenvalue weighted by Crippen LogP contribution is -2.35. The Hall–Kier alpha value is -1.94. The van der Waals surface area contributed by atoms with Crippen LogP contribution < -0.4 is 5.32 Å². The van der Waals surface area contributed by atoms with Gasteiger partial charge in [0, 0.05) is 16.9 Å². The van der Waals surface area contributed by atoms with Crippen molar-refractivity contribution < 1.29 is 4.79 Å². The third kappa shape index (κ3) is 2.96. The molecule has 0 bridgehead atoms. The van der Waals surface area contributed by atoms with Gasteiger partial charge in [-0.15, -0.1) is 0 Å². The molecular formula is C15H16ClN3O. The van der Waals surface area contributed by atoms with E-state index in [4.69, 9.17) is 11.6 Å². The number of aryl methyl sites for hydroxylation is 1. The van der Waals surface area contributed by atoms with Crippen LogP contribution in [0.5, 0.6) is 0 Å². The zero-order chi connectivity index (χ0) is 14.8. The molecular weight excluding hydrogens is 274 g/mol. The van der Waals surface area contributed by atoms with E-state index < -0.39 is 5.41 Å². The largest absolute Gasteiger partial charge is 0.294 e. The van der Waals surface area contributed by atoms with Crippen LogP contribution in [0.3, 0.4) is 0 Å². The molecule has 1 aromatic heterocycles. The van der Waals surface area contributed by atoms with E-state index in [1.54, 1.807) is 18.3 Å². The van der Waals surface area contributed by atoms with Crippen LogP contribution in [0, 0.1) is 6.92 Å². The lowest BCUT2D eigenvalue weighted by molar-refractivity contribution is -0.120. The summed E-state index contributed by atoms with van der Waals surface area (Å²) < 4.78 is 0. The number of carbonyl (C=O) groups is 1. The number of hydrogen-bond donors (Lipinski definition) is 1. The number of hydrogen-bond acceptors (Lipinski definition) is 3. The van der Waals surface area contributed by atoms with Gasteiger partial charge in [0.1, 0.15) is 0 Å². The van der Waals surface area contributed by atoms with Gasteiger partial charge in [0.25, 0.3) is 0 Å². The molecule has 0 saturated carbocycles. The van der Waals surface area contributed by atoms with Gasteiger partial charge < -0.3 is 0 Å². The van der Waals surface area contributed by atoms with E-state index in [0.717, 1.165) is 11.3 Å². The van der Waals surface area contributed by atoms with Crippen molar-refractivity contribution in [2.45, 2.75) is 26.2 Å². The molecule has 0 aliphatic heterocycles. The van der Waals surface area contributed by atoms with Gasteiger partial charge in [-0.25, -0.2) is 9.97 Å². The highest BCUT2D eigenvalue weighted by Crippen LogP contribution is 2.30. The Kier molecular flexibility index (Phi) is 4.04. The molecule has 0 unspecified atom stereocenters. The maximum Gasteiger partial charge on any atom is 0.236 e. The molecule has 4 nitrogen and oxygen atoms in total. The molecule has 1 heterocycles. The number of anilines is 1. The van der Waals surface area contributed by atoms with E-state index in [0.29, 0.717) is 11.0 Å². The molecule has 0 saturated heterocycles. The van der Waals surface area contributed by atoms with Crippen molar-refractivity contribution >= 4 is 23.5 Å². The van der Waals surface area contributed by atoms with Gasteiger partial charge in [-0.3, -0.25) is 10.1 Å². The Bertz CT molecular complexity index is 641. The zero-order valence-electron chi connectivity index (χ0n) is 11.6. The fraction of sp³-hybridized carbons (Fsp3) is 0.267. The van der Waals surface area contributed by atoms with Gasteiger partial charge in [0.2, 0.25) is 11.9 Å². The van der Waals surface area contributed by atoms with E-state index in [1.165, 1.54) is 0 Å². The highest BCUT2D eigenvalue weighted by atomic mass is 35.5. The summed E-state index contributed by atoms with van der Waals surface area (Å²) in [6.45, 7) is 5.48. The smallest absolute Gasteiger partial charge is 0.236 e. The van der Waals surface area contributed by atoms with Gasteiger partial charge in [-0.2, -0.15) is 0 Å². The number of aromatic nitrogens is 2. The molecule has 0 radical (unpaired) electrons. The van der Waals surface area contributed by atoms with E-state index in [2.05, 4.69) is 15.3 Å². The number of halogens is 1. The fourth-order valence-electron chi connectivity index (χ4n) is 1.86. The van der Waals surface area contributed by atoms with E-state index >= 15 is 0 Å². The Balaban J connectivity index is 2.26. The van der Waals surface area contributed by atoms with Crippen LogP contribution in [0.2, 0.25) is 5.02 Å². The normalized spacial score (nSPS) is 11.2. The summed E-state index contributed by atoms with van der Waals surface area (Å²) in [5.74, 6) is 0.103. The third-order valence-corrected chi connectivity index (χ3v) is 3.46. The van der Waals surface area contributed by atoms with E-state index in [-0.39, 0.29) is 5.91 Å². The fourth-order valence-corrected chi connectivity index (χ4v) is 2.23. The average molecular weight is 290 g/mol. The first-order chi connectivity index (χ1) is 9.41. The average Bonchev–Trinajstić information content (AvgIpc) is 2.39. The van der Waals surface area contributed by atoms with Gasteiger partial charge in [-0.05, 0) is 38.5 Å². The standard InChI is InChI=1S/C15H16ClN3O/c1-10-8-9-17-14(18-10)19-13(20)15(2,3)11-6-4-5-7-12(11)16/h4-9H,1-3H3,(H,17,18,19,20). The molecule has 0 aliphatic rings. The lowest BCUT2D eigenvalue weighted by atomic mass is 9.83. The predicted octanol–water partition coefficient (Wildman–Crippen LogP) is 3.35. The number of amides is 1. The SMILES string of the molecule is Cc1ccnc(NC(=O)C(C)(C)c2ccccc2Cl)n1. The first-order valence-corrected chi connectivity index (χ1v) is 6.65. The minimum atomic E-state index is -0.772. The second-order valence-electron chi connectivity index (χ2n) is 5.08. The Morgan fingerprint density at radius 3 is 2.60 bits per heavy atom. The second-order valence-corrected chi connectivity index (χ2v) is 5.49. The molecule has 0 fully saturated rings. The Labute approximate surface area is 123 Å². The third-order valence-electron chi connectivity index (χ3n) is 3.14. The summed E-state index contributed by atoms with van der Waals surface area (Å²) >= 11 is 6.17. The molecule has 20 heavy (non-hydrogen) atoms. The highest BCUT2D eigenvalue weighted by Gasteiger charge is 2.32. The summed E-state index contributed by atoms with van der Waals surface area (Å²) in [7, 11) is 0. The number of benzene rings is 1. The molecule has 5 heteroatoms. The van der Waals surface area contributed by atoms with E-state index in [9.17, 15) is 4.79 Å². The van der Waals surface area contributed by atoms with Gasteiger partial charge in [-0.1, -0.05) is 29.8 Å². The lowest BCUT2D eigenvalue weighted by Gasteiger charge is -2.24. The predicted molar refractivity (Wildman–Crippen MR) is 79.9 cm³/mol. The number of carbonyl (C=O) groups excluding carboxylic acids is 1. The molecule has 0 atom stereocenters. The van der Waals surface area contributed by atoms with Crippen LogP contribution >= 0.6 is 11.6 Å². The van der Waals surface area contributed by atoms with Crippen LogP contribution in [0.15, 0.2) is 36.5 Å². The number of rotatable bonds is 3. The van der Waals surface area contributed by atoms with E-state index in [1.807, 2.05) is 39.0 Å². The minimum absolute atomic E-state index is 0.198. The monoisotopic (exact) mass is 289 g/mol. The van der Waals surface area contributed by atoms with Crippen molar-refractivity contribution in [2.24, 2.45) is 0 Å². The Morgan fingerprint density at radius 2 is 1.95 bits per heavy atom. The van der Waals surface area contributed by atoms with Crippen LogP contribution in [-0.2, 0) is 10.2 Å². The van der Waals surface area contributed by atoms with Crippen molar-refractivity contribution in [2.75, 3.05) is 5.32 Å². The van der Waals surface area contributed by atoms with Gasteiger partial charge in [0.05, 0.1) is 5.41 Å². The molecule has 1 amide bonds. The maximum absolute atomic E-state index is 12.4.